The Balaban J connectivity index is 4.32. The lowest BCUT2D eigenvalue weighted by Crippen LogP contribution is -2.57. The smallest absolute Gasteiger partial charge is 0.328 e. The number of carboxylic acid groups (broad SMARTS) is 1. The third-order valence-corrected chi connectivity index (χ3v) is 1.46. The monoisotopic (exact) mass is 163 g/mol. The SMILES string of the molecule is CCNC(CO)(CO)C(=O)O. The van der Waals surface area contributed by atoms with Crippen LogP contribution in [0.4, 0.5) is 0 Å². The molecule has 0 rings (SSSR count). The lowest BCUT2D eigenvalue weighted by molar-refractivity contribution is -0.148. The molecule has 0 fully saturated rings. The number of carboxylic acids is 1. The second-order valence-electron chi connectivity index (χ2n) is 2.23. The van der Waals surface area contributed by atoms with Crippen molar-refractivity contribution in [2.75, 3.05) is 19.8 Å². The summed E-state index contributed by atoms with van der Waals surface area (Å²) in [5.41, 5.74) is -1.59. The van der Waals surface area contributed by atoms with Crippen LogP contribution in [0.25, 0.3) is 0 Å². The highest BCUT2D eigenvalue weighted by Gasteiger charge is 2.36. The minimum atomic E-state index is -1.59. The molecule has 5 heteroatoms. The molecule has 66 valence electrons. The van der Waals surface area contributed by atoms with Crippen molar-refractivity contribution in [2.24, 2.45) is 0 Å². The van der Waals surface area contributed by atoms with Gasteiger partial charge in [-0.05, 0) is 6.54 Å². The van der Waals surface area contributed by atoms with Gasteiger partial charge in [0.2, 0.25) is 0 Å². The first-order valence-electron chi connectivity index (χ1n) is 3.33. The molecule has 0 atom stereocenters. The van der Waals surface area contributed by atoms with Crippen LogP contribution in [0, 0.1) is 0 Å². The van der Waals surface area contributed by atoms with Crippen molar-refractivity contribution in [1.29, 1.82) is 0 Å². The van der Waals surface area contributed by atoms with E-state index in [0.717, 1.165) is 0 Å². The minimum Gasteiger partial charge on any atom is -0.480 e. The molecule has 0 aromatic heterocycles. The zero-order valence-corrected chi connectivity index (χ0v) is 6.37. The molecule has 0 saturated heterocycles. The average Bonchev–Trinajstić information content (AvgIpc) is 2.00. The van der Waals surface area contributed by atoms with Gasteiger partial charge in [0.25, 0.3) is 0 Å². The topological polar surface area (TPSA) is 89.8 Å². The van der Waals surface area contributed by atoms with Crippen LogP contribution < -0.4 is 5.32 Å². The summed E-state index contributed by atoms with van der Waals surface area (Å²) in [6, 6.07) is 0. The van der Waals surface area contributed by atoms with Crippen LogP contribution in [-0.2, 0) is 4.79 Å². The van der Waals surface area contributed by atoms with Gasteiger partial charge in [0.15, 0.2) is 5.54 Å². The Morgan fingerprint density at radius 3 is 2.00 bits per heavy atom. The van der Waals surface area contributed by atoms with E-state index in [4.69, 9.17) is 15.3 Å². The van der Waals surface area contributed by atoms with Gasteiger partial charge in [-0.25, -0.2) is 0 Å². The van der Waals surface area contributed by atoms with E-state index in [-0.39, 0.29) is 0 Å². The molecule has 0 spiro atoms. The Hall–Kier alpha value is -0.650. The van der Waals surface area contributed by atoms with Crippen LogP contribution in [0.5, 0.6) is 0 Å². The van der Waals surface area contributed by atoms with Crippen LogP contribution in [-0.4, -0.2) is 46.6 Å². The Kier molecular flexibility index (Phi) is 4.02. The summed E-state index contributed by atoms with van der Waals surface area (Å²) >= 11 is 0. The van der Waals surface area contributed by atoms with Crippen LogP contribution in [0.3, 0.4) is 0 Å². The maximum Gasteiger partial charge on any atom is 0.328 e. The first-order valence-corrected chi connectivity index (χ1v) is 3.33. The number of hydrogen-bond donors (Lipinski definition) is 4. The van der Waals surface area contributed by atoms with E-state index < -0.39 is 24.7 Å². The number of rotatable bonds is 5. The molecule has 0 amide bonds. The van der Waals surface area contributed by atoms with Crippen LogP contribution >= 0.6 is 0 Å². The fraction of sp³-hybridized carbons (Fsp3) is 0.833. The molecule has 0 aliphatic carbocycles. The number of nitrogens with one attached hydrogen (secondary N) is 1. The molecule has 0 unspecified atom stereocenters. The van der Waals surface area contributed by atoms with Gasteiger partial charge in [-0.15, -0.1) is 0 Å². The van der Waals surface area contributed by atoms with E-state index in [2.05, 4.69) is 5.32 Å². The van der Waals surface area contributed by atoms with Gasteiger partial charge in [-0.3, -0.25) is 10.1 Å². The summed E-state index contributed by atoms with van der Waals surface area (Å²) in [5.74, 6) is -1.25. The molecule has 0 aromatic rings. The predicted octanol–water partition coefficient (Wildman–Crippen LogP) is -1.60. The number of aliphatic carboxylic acids is 1. The highest BCUT2D eigenvalue weighted by atomic mass is 16.4. The first kappa shape index (κ1) is 10.3. The average molecular weight is 163 g/mol. The van der Waals surface area contributed by atoms with E-state index in [1.54, 1.807) is 6.92 Å². The molecule has 11 heavy (non-hydrogen) atoms. The lowest BCUT2D eigenvalue weighted by Gasteiger charge is -2.25. The summed E-state index contributed by atoms with van der Waals surface area (Å²) in [6.45, 7) is 0.843. The molecular weight excluding hydrogens is 150 g/mol. The van der Waals surface area contributed by atoms with E-state index in [1.165, 1.54) is 0 Å². The van der Waals surface area contributed by atoms with Gasteiger partial charge in [-0.2, -0.15) is 0 Å². The maximum absolute atomic E-state index is 10.5. The molecule has 5 nitrogen and oxygen atoms in total. The third-order valence-electron chi connectivity index (χ3n) is 1.46. The number of likely N-dealkylation sites (N-methyl/N-ethyl adjacent to an activating group) is 1. The summed E-state index contributed by atoms with van der Waals surface area (Å²) in [7, 11) is 0. The minimum absolute atomic E-state index is 0.382. The second-order valence-corrected chi connectivity index (χ2v) is 2.23. The first-order chi connectivity index (χ1) is 5.13. The van der Waals surface area contributed by atoms with Gasteiger partial charge in [-0.1, -0.05) is 6.92 Å². The van der Waals surface area contributed by atoms with Crippen molar-refractivity contribution >= 4 is 5.97 Å². The molecule has 0 aliphatic heterocycles. The Bertz CT molecular complexity index is 133. The summed E-state index contributed by atoms with van der Waals surface area (Å²) in [6.07, 6.45) is 0. The lowest BCUT2D eigenvalue weighted by atomic mass is 10.0. The zero-order valence-electron chi connectivity index (χ0n) is 6.37. The number of hydrogen-bond acceptors (Lipinski definition) is 4. The number of aliphatic hydroxyl groups is 2. The van der Waals surface area contributed by atoms with E-state index in [0.29, 0.717) is 6.54 Å². The number of carbonyl (C=O) groups is 1. The predicted molar refractivity (Wildman–Crippen MR) is 38.2 cm³/mol. The van der Waals surface area contributed by atoms with Crippen molar-refractivity contribution in [1.82, 2.24) is 5.32 Å². The molecule has 0 aliphatic rings. The zero-order chi connectivity index (χ0) is 8.91. The summed E-state index contributed by atoms with van der Waals surface area (Å²) in [4.78, 5) is 10.5. The molecule has 0 radical (unpaired) electrons. The Morgan fingerprint density at radius 1 is 1.45 bits per heavy atom. The van der Waals surface area contributed by atoms with Gasteiger partial charge < -0.3 is 15.3 Å². The van der Waals surface area contributed by atoms with Gasteiger partial charge in [0, 0.05) is 0 Å². The summed E-state index contributed by atoms with van der Waals surface area (Å²) < 4.78 is 0. The van der Waals surface area contributed by atoms with Crippen LogP contribution in [0.15, 0.2) is 0 Å². The van der Waals surface area contributed by atoms with Gasteiger partial charge >= 0.3 is 5.97 Å². The fourth-order valence-electron chi connectivity index (χ4n) is 0.711. The van der Waals surface area contributed by atoms with Crippen molar-refractivity contribution < 1.29 is 20.1 Å². The van der Waals surface area contributed by atoms with Crippen LogP contribution in [0.2, 0.25) is 0 Å². The third kappa shape index (κ3) is 2.14. The van der Waals surface area contributed by atoms with Crippen molar-refractivity contribution in [3.8, 4) is 0 Å². The molecule has 0 heterocycles. The fourth-order valence-corrected chi connectivity index (χ4v) is 0.711. The molecule has 4 N–H and O–H groups in total. The molecule has 0 saturated carbocycles. The number of aliphatic hydroxyl groups excluding tert-OH is 2. The highest BCUT2D eigenvalue weighted by molar-refractivity contribution is 5.79. The van der Waals surface area contributed by atoms with Gasteiger partial charge in [0.1, 0.15) is 0 Å². The second kappa shape index (κ2) is 4.27. The van der Waals surface area contributed by atoms with E-state index >= 15 is 0 Å². The van der Waals surface area contributed by atoms with E-state index in [1.807, 2.05) is 0 Å². The van der Waals surface area contributed by atoms with Crippen molar-refractivity contribution in [3.63, 3.8) is 0 Å². The van der Waals surface area contributed by atoms with Crippen LogP contribution in [0.1, 0.15) is 6.92 Å². The molecule has 0 aromatic carbocycles. The summed E-state index contributed by atoms with van der Waals surface area (Å²) in [5, 5.41) is 28.4. The van der Waals surface area contributed by atoms with Gasteiger partial charge in [0.05, 0.1) is 13.2 Å². The largest absolute Gasteiger partial charge is 0.480 e. The highest BCUT2D eigenvalue weighted by Crippen LogP contribution is 2.01. The normalized spacial score (nSPS) is 11.5. The van der Waals surface area contributed by atoms with Crippen molar-refractivity contribution in [2.45, 2.75) is 12.5 Å². The quantitative estimate of drug-likeness (QED) is 0.392. The van der Waals surface area contributed by atoms with E-state index in [9.17, 15) is 4.79 Å². The Morgan fingerprint density at radius 2 is 1.91 bits per heavy atom. The molecular formula is C6H13NO4. The standard InChI is InChI=1S/C6H13NO4/c1-2-7-6(3-8,4-9)5(10)11/h7-9H,2-4H2,1H3,(H,10,11). The molecule has 0 bridgehead atoms. The van der Waals surface area contributed by atoms with Crippen molar-refractivity contribution in [3.05, 3.63) is 0 Å². The maximum atomic E-state index is 10.5. The Labute approximate surface area is 64.7 Å².